The molecule has 0 fully saturated rings. The highest BCUT2D eigenvalue weighted by Crippen LogP contribution is 2.34. The first-order chi connectivity index (χ1) is 8.27. The van der Waals surface area contributed by atoms with Crippen molar-refractivity contribution in [3.8, 4) is 12.3 Å². The molecule has 0 aliphatic heterocycles. The Morgan fingerprint density at radius 3 is 2.72 bits per heavy atom. The molecule has 1 aromatic heterocycles. The number of rotatable bonds is 5. The third-order valence-corrected chi connectivity index (χ3v) is 6.22. The molecule has 9 heteroatoms. The molecule has 0 aromatic carbocycles. The van der Waals surface area contributed by atoms with Crippen LogP contribution in [-0.4, -0.2) is 25.5 Å². The zero-order valence-electron chi connectivity index (χ0n) is 8.68. The normalized spacial score (nSPS) is 12.9. The number of carbonyl (C=O) groups is 1. The smallest absolute Gasteiger partial charge is 0.322 e. The van der Waals surface area contributed by atoms with Crippen LogP contribution in [0, 0.1) is 12.3 Å². The van der Waals surface area contributed by atoms with E-state index in [0.717, 1.165) is 11.3 Å². The number of halogens is 2. The van der Waals surface area contributed by atoms with Gasteiger partial charge in [-0.25, -0.2) is 8.42 Å². The molecule has 0 saturated heterocycles. The molecule has 1 heterocycles. The first-order valence-corrected chi connectivity index (χ1v) is 7.88. The largest absolute Gasteiger partial charge is 0.480 e. The Balaban J connectivity index is 3.01. The van der Waals surface area contributed by atoms with Crippen molar-refractivity contribution in [2.45, 2.75) is 16.7 Å². The van der Waals surface area contributed by atoms with Gasteiger partial charge < -0.3 is 5.11 Å². The number of hydrogen-bond donors (Lipinski definition) is 2. The van der Waals surface area contributed by atoms with E-state index >= 15 is 0 Å². The third-order valence-electron chi connectivity index (χ3n) is 1.80. The number of nitrogens with one attached hydrogen (secondary N) is 1. The van der Waals surface area contributed by atoms with E-state index in [1.807, 2.05) is 4.72 Å². The molecule has 5 nitrogen and oxygen atoms in total. The second kappa shape index (κ2) is 6.04. The van der Waals surface area contributed by atoms with Crippen LogP contribution in [0.2, 0.25) is 5.02 Å². The second-order valence-electron chi connectivity index (χ2n) is 3.11. The van der Waals surface area contributed by atoms with Crippen LogP contribution in [0.1, 0.15) is 6.42 Å². The van der Waals surface area contributed by atoms with Gasteiger partial charge in [0.05, 0.1) is 8.81 Å². The molecule has 98 valence electrons. The molecule has 1 unspecified atom stereocenters. The highest BCUT2D eigenvalue weighted by Gasteiger charge is 2.26. The number of sulfonamides is 1. The van der Waals surface area contributed by atoms with E-state index in [2.05, 4.69) is 21.9 Å². The van der Waals surface area contributed by atoms with Crippen LogP contribution < -0.4 is 4.72 Å². The zero-order valence-corrected chi connectivity index (χ0v) is 12.7. The Hall–Kier alpha value is -0.590. The Morgan fingerprint density at radius 1 is 1.72 bits per heavy atom. The van der Waals surface area contributed by atoms with E-state index in [9.17, 15) is 13.2 Å². The molecular weight excluding hydrogens is 366 g/mol. The van der Waals surface area contributed by atoms with E-state index < -0.39 is 22.0 Å². The molecule has 0 bridgehead atoms. The summed E-state index contributed by atoms with van der Waals surface area (Å²) in [6.07, 6.45) is 4.74. The standard InChI is InChI=1S/C9H7BrClNO4S2/c1-2-3-6(9(13)14)12-18(15,16)7-4-5(11)8(10)17-7/h1,4,6,12H,3H2,(H,13,14). The average molecular weight is 373 g/mol. The lowest BCUT2D eigenvalue weighted by Gasteiger charge is -2.10. The monoisotopic (exact) mass is 371 g/mol. The number of hydrogen-bond acceptors (Lipinski definition) is 4. The molecule has 0 saturated carbocycles. The summed E-state index contributed by atoms with van der Waals surface area (Å²) < 4.78 is 26.1. The molecule has 0 aliphatic rings. The lowest BCUT2D eigenvalue weighted by Crippen LogP contribution is -2.40. The molecule has 0 amide bonds. The number of aliphatic carboxylic acids is 1. The van der Waals surface area contributed by atoms with E-state index in [0.29, 0.717) is 3.79 Å². The van der Waals surface area contributed by atoms with E-state index in [-0.39, 0.29) is 15.7 Å². The van der Waals surface area contributed by atoms with Crippen LogP contribution in [-0.2, 0) is 14.8 Å². The Kier molecular flexibility index (Phi) is 5.19. The molecule has 18 heavy (non-hydrogen) atoms. The van der Waals surface area contributed by atoms with Gasteiger partial charge >= 0.3 is 5.97 Å². The van der Waals surface area contributed by atoms with Crippen molar-refractivity contribution in [2.75, 3.05) is 0 Å². The maximum Gasteiger partial charge on any atom is 0.322 e. The summed E-state index contributed by atoms with van der Waals surface area (Å²) in [5.74, 6) is 0.765. The molecule has 0 radical (unpaired) electrons. The molecule has 2 N–H and O–H groups in total. The van der Waals surface area contributed by atoms with Crippen molar-refractivity contribution < 1.29 is 18.3 Å². The highest BCUT2D eigenvalue weighted by molar-refractivity contribution is 9.11. The molecule has 1 aromatic rings. The Labute approximate surface area is 121 Å². The predicted molar refractivity (Wildman–Crippen MR) is 72.2 cm³/mol. The van der Waals surface area contributed by atoms with Gasteiger partial charge in [-0.15, -0.1) is 23.7 Å². The van der Waals surface area contributed by atoms with E-state index in [1.54, 1.807) is 0 Å². The summed E-state index contributed by atoms with van der Waals surface area (Å²) in [7, 11) is -3.95. The van der Waals surface area contributed by atoms with Crippen LogP contribution in [0.25, 0.3) is 0 Å². The van der Waals surface area contributed by atoms with E-state index in [4.69, 9.17) is 23.1 Å². The highest BCUT2D eigenvalue weighted by atomic mass is 79.9. The van der Waals surface area contributed by atoms with Gasteiger partial charge in [-0.1, -0.05) is 11.6 Å². The molecule has 1 atom stereocenters. The Morgan fingerprint density at radius 2 is 2.33 bits per heavy atom. The van der Waals surface area contributed by atoms with Crippen LogP contribution in [0.15, 0.2) is 14.1 Å². The quantitative estimate of drug-likeness (QED) is 0.774. The summed E-state index contributed by atoms with van der Waals surface area (Å²) in [6, 6.07) is -0.132. The van der Waals surface area contributed by atoms with Gasteiger partial charge in [0, 0.05) is 6.42 Å². The average Bonchev–Trinajstić information content (AvgIpc) is 2.59. The zero-order chi connectivity index (χ0) is 13.9. The number of terminal acetylenes is 1. The van der Waals surface area contributed by atoms with Gasteiger partial charge in [0.25, 0.3) is 10.0 Å². The molecular formula is C9H7BrClNO4S2. The van der Waals surface area contributed by atoms with E-state index in [1.165, 1.54) is 6.07 Å². The minimum Gasteiger partial charge on any atom is -0.480 e. The van der Waals surface area contributed by atoms with Gasteiger partial charge in [0.1, 0.15) is 10.3 Å². The molecule has 0 spiro atoms. The summed E-state index contributed by atoms with van der Waals surface area (Å²) in [5.41, 5.74) is 0. The van der Waals surface area contributed by atoms with Crippen LogP contribution in [0.3, 0.4) is 0 Å². The fraction of sp³-hybridized carbons (Fsp3) is 0.222. The van der Waals surface area contributed by atoms with Gasteiger partial charge in [-0.05, 0) is 22.0 Å². The topological polar surface area (TPSA) is 83.5 Å². The van der Waals surface area contributed by atoms with Crippen LogP contribution in [0.4, 0.5) is 0 Å². The van der Waals surface area contributed by atoms with Crippen molar-refractivity contribution in [1.82, 2.24) is 4.72 Å². The number of thiophene rings is 1. The maximum atomic E-state index is 11.9. The van der Waals surface area contributed by atoms with Crippen LogP contribution in [0.5, 0.6) is 0 Å². The van der Waals surface area contributed by atoms with Crippen molar-refractivity contribution in [3.63, 3.8) is 0 Å². The van der Waals surface area contributed by atoms with Gasteiger partial charge in [-0.2, -0.15) is 4.72 Å². The summed E-state index contributed by atoms with van der Waals surface area (Å²) in [6.45, 7) is 0. The van der Waals surface area contributed by atoms with Gasteiger partial charge in [0.15, 0.2) is 0 Å². The van der Waals surface area contributed by atoms with Crippen molar-refractivity contribution in [1.29, 1.82) is 0 Å². The third kappa shape index (κ3) is 3.70. The van der Waals surface area contributed by atoms with Crippen molar-refractivity contribution in [3.05, 3.63) is 14.9 Å². The molecule has 1 rings (SSSR count). The predicted octanol–water partition coefficient (Wildman–Crippen LogP) is 1.92. The minimum absolute atomic E-state index is 0.0809. The fourth-order valence-electron chi connectivity index (χ4n) is 1.00. The fourth-order valence-corrected chi connectivity index (χ4v) is 4.61. The van der Waals surface area contributed by atoms with Gasteiger partial charge in [-0.3, -0.25) is 4.79 Å². The van der Waals surface area contributed by atoms with Gasteiger partial charge in [0.2, 0.25) is 0 Å². The second-order valence-corrected chi connectivity index (χ2v) is 7.83. The van der Waals surface area contributed by atoms with Crippen molar-refractivity contribution >= 4 is 54.9 Å². The molecule has 0 aliphatic carbocycles. The first-order valence-electron chi connectivity index (χ1n) is 4.41. The van der Waals surface area contributed by atoms with Crippen LogP contribution >= 0.6 is 38.9 Å². The SMILES string of the molecule is C#CCC(NS(=O)(=O)c1cc(Cl)c(Br)s1)C(=O)O. The number of carboxylic acid groups (broad SMARTS) is 1. The minimum atomic E-state index is -3.95. The number of carboxylic acids is 1. The summed E-state index contributed by atoms with van der Waals surface area (Å²) >= 11 is 9.68. The lowest BCUT2D eigenvalue weighted by atomic mass is 10.2. The summed E-state index contributed by atoms with van der Waals surface area (Å²) in [5, 5.41) is 9.06. The lowest BCUT2D eigenvalue weighted by molar-refractivity contribution is -0.138. The maximum absolute atomic E-state index is 11.9. The first kappa shape index (κ1) is 15.5. The summed E-state index contributed by atoms with van der Waals surface area (Å²) in [4.78, 5) is 10.8. The Bertz CT molecular complexity index is 585. The van der Waals surface area contributed by atoms with Crippen molar-refractivity contribution in [2.24, 2.45) is 0 Å².